The first kappa shape index (κ1) is 7.21. The SMILES string of the molecule is Cc1ccn(CC(N)=S)n1. The molecule has 1 aromatic rings. The van der Waals surface area contributed by atoms with Crippen LogP contribution in [0.2, 0.25) is 0 Å². The summed E-state index contributed by atoms with van der Waals surface area (Å²) in [6.45, 7) is 2.46. The Morgan fingerprint density at radius 2 is 2.60 bits per heavy atom. The summed E-state index contributed by atoms with van der Waals surface area (Å²) in [7, 11) is 0. The maximum Gasteiger partial charge on any atom is 0.0945 e. The number of aromatic nitrogens is 2. The fourth-order valence-electron chi connectivity index (χ4n) is 0.711. The lowest BCUT2D eigenvalue weighted by molar-refractivity contribution is 0.717. The van der Waals surface area contributed by atoms with E-state index in [0.29, 0.717) is 11.5 Å². The number of nitrogens with zero attached hydrogens (tertiary/aromatic N) is 2. The monoisotopic (exact) mass is 155 g/mol. The second-order valence-corrected chi connectivity index (χ2v) is 2.65. The van der Waals surface area contributed by atoms with E-state index in [0.717, 1.165) is 5.69 Å². The Morgan fingerprint density at radius 1 is 1.90 bits per heavy atom. The van der Waals surface area contributed by atoms with Crippen molar-refractivity contribution in [1.29, 1.82) is 0 Å². The molecule has 0 aliphatic heterocycles. The first-order valence-corrected chi connectivity index (χ1v) is 3.37. The van der Waals surface area contributed by atoms with Crippen molar-refractivity contribution in [2.45, 2.75) is 13.5 Å². The number of hydrogen-bond donors (Lipinski definition) is 1. The number of rotatable bonds is 2. The third-order valence-corrected chi connectivity index (χ3v) is 1.22. The van der Waals surface area contributed by atoms with Crippen LogP contribution in [0.15, 0.2) is 12.3 Å². The molecule has 1 rings (SSSR count). The molecule has 0 fully saturated rings. The Morgan fingerprint density at radius 3 is 3.00 bits per heavy atom. The van der Waals surface area contributed by atoms with E-state index >= 15 is 0 Å². The third-order valence-electron chi connectivity index (χ3n) is 1.09. The fourth-order valence-corrected chi connectivity index (χ4v) is 0.843. The van der Waals surface area contributed by atoms with Gasteiger partial charge >= 0.3 is 0 Å². The molecule has 54 valence electrons. The van der Waals surface area contributed by atoms with Gasteiger partial charge in [0.2, 0.25) is 0 Å². The van der Waals surface area contributed by atoms with Crippen LogP contribution in [0.5, 0.6) is 0 Å². The van der Waals surface area contributed by atoms with Crippen molar-refractivity contribution < 1.29 is 0 Å². The van der Waals surface area contributed by atoms with Gasteiger partial charge in [-0.3, -0.25) is 4.68 Å². The summed E-state index contributed by atoms with van der Waals surface area (Å²) in [6.07, 6.45) is 1.86. The van der Waals surface area contributed by atoms with Crippen LogP contribution < -0.4 is 5.73 Å². The molecule has 0 radical (unpaired) electrons. The Kier molecular flexibility index (Phi) is 2.01. The van der Waals surface area contributed by atoms with Gasteiger partial charge in [-0.15, -0.1) is 0 Å². The highest BCUT2D eigenvalue weighted by molar-refractivity contribution is 7.80. The number of hydrogen-bond acceptors (Lipinski definition) is 2. The molecule has 10 heavy (non-hydrogen) atoms. The van der Waals surface area contributed by atoms with Crippen LogP contribution in [0.3, 0.4) is 0 Å². The summed E-state index contributed by atoms with van der Waals surface area (Å²) >= 11 is 4.70. The van der Waals surface area contributed by atoms with Crippen molar-refractivity contribution >= 4 is 17.2 Å². The molecule has 0 bridgehead atoms. The number of thiocarbonyl (C=S) groups is 1. The summed E-state index contributed by atoms with van der Waals surface area (Å²) < 4.78 is 1.72. The minimum atomic E-state index is 0.461. The summed E-state index contributed by atoms with van der Waals surface area (Å²) in [5.41, 5.74) is 6.29. The largest absolute Gasteiger partial charge is 0.392 e. The van der Waals surface area contributed by atoms with Crippen molar-refractivity contribution in [2.75, 3.05) is 0 Å². The lowest BCUT2D eigenvalue weighted by Gasteiger charge is -1.96. The van der Waals surface area contributed by atoms with Gasteiger partial charge in [-0.25, -0.2) is 0 Å². The van der Waals surface area contributed by atoms with E-state index in [1.165, 1.54) is 0 Å². The van der Waals surface area contributed by atoms with E-state index in [-0.39, 0.29) is 0 Å². The highest BCUT2D eigenvalue weighted by Crippen LogP contribution is 1.91. The van der Waals surface area contributed by atoms with Gasteiger partial charge in [0.05, 0.1) is 17.2 Å². The standard InChI is InChI=1S/C6H9N3S/c1-5-2-3-9(8-5)4-6(7)10/h2-3H,4H2,1H3,(H2,7,10). The van der Waals surface area contributed by atoms with Crippen LogP contribution in [0.25, 0.3) is 0 Å². The average Bonchev–Trinajstić information content (AvgIpc) is 2.13. The molecule has 3 nitrogen and oxygen atoms in total. The molecule has 4 heteroatoms. The molecule has 0 aliphatic rings. The van der Waals surface area contributed by atoms with Gasteiger partial charge in [0, 0.05) is 6.20 Å². The number of aryl methyl sites for hydroxylation is 1. The van der Waals surface area contributed by atoms with Gasteiger partial charge < -0.3 is 5.73 Å². The Labute approximate surface area is 64.8 Å². The highest BCUT2D eigenvalue weighted by atomic mass is 32.1. The zero-order valence-electron chi connectivity index (χ0n) is 5.74. The first-order valence-electron chi connectivity index (χ1n) is 2.97. The van der Waals surface area contributed by atoms with Gasteiger partial charge in [-0.1, -0.05) is 12.2 Å². The molecule has 0 spiro atoms. The molecular weight excluding hydrogens is 146 g/mol. The van der Waals surface area contributed by atoms with E-state index in [1.807, 2.05) is 19.2 Å². The lowest BCUT2D eigenvalue weighted by atomic mass is 10.5. The van der Waals surface area contributed by atoms with Crippen LogP contribution >= 0.6 is 12.2 Å². The average molecular weight is 155 g/mol. The van der Waals surface area contributed by atoms with Crippen molar-refractivity contribution in [3.05, 3.63) is 18.0 Å². The van der Waals surface area contributed by atoms with Crippen molar-refractivity contribution in [3.8, 4) is 0 Å². The molecule has 0 saturated carbocycles. The lowest BCUT2D eigenvalue weighted by Crippen LogP contribution is -2.16. The second kappa shape index (κ2) is 2.79. The van der Waals surface area contributed by atoms with Gasteiger partial charge in [0.1, 0.15) is 0 Å². The van der Waals surface area contributed by atoms with Gasteiger partial charge in [-0.2, -0.15) is 5.10 Å². The molecule has 0 atom stereocenters. The minimum Gasteiger partial charge on any atom is -0.392 e. The normalized spacial score (nSPS) is 9.70. The van der Waals surface area contributed by atoms with Gasteiger partial charge in [0.15, 0.2) is 0 Å². The van der Waals surface area contributed by atoms with Crippen LogP contribution in [-0.2, 0) is 6.54 Å². The quantitative estimate of drug-likeness (QED) is 0.632. The van der Waals surface area contributed by atoms with Crippen molar-refractivity contribution in [3.63, 3.8) is 0 Å². The molecule has 1 heterocycles. The maximum atomic E-state index is 5.30. The maximum absolute atomic E-state index is 5.30. The first-order chi connectivity index (χ1) is 4.68. The van der Waals surface area contributed by atoms with E-state index in [9.17, 15) is 0 Å². The van der Waals surface area contributed by atoms with E-state index in [4.69, 9.17) is 18.0 Å². The second-order valence-electron chi connectivity index (χ2n) is 2.12. The van der Waals surface area contributed by atoms with Crippen LogP contribution in [-0.4, -0.2) is 14.8 Å². The van der Waals surface area contributed by atoms with Crippen LogP contribution in [0.4, 0.5) is 0 Å². The van der Waals surface area contributed by atoms with Crippen LogP contribution in [0, 0.1) is 6.92 Å². The van der Waals surface area contributed by atoms with E-state index in [2.05, 4.69) is 5.10 Å². The summed E-state index contributed by atoms with van der Waals surface area (Å²) in [6, 6.07) is 1.91. The Balaban J connectivity index is 2.67. The zero-order valence-corrected chi connectivity index (χ0v) is 6.56. The fraction of sp³-hybridized carbons (Fsp3) is 0.333. The molecule has 2 N–H and O–H groups in total. The molecular formula is C6H9N3S. The summed E-state index contributed by atoms with van der Waals surface area (Å²) in [5.74, 6) is 0. The molecule has 0 saturated heterocycles. The van der Waals surface area contributed by atoms with E-state index in [1.54, 1.807) is 4.68 Å². The minimum absolute atomic E-state index is 0.461. The van der Waals surface area contributed by atoms with Gasteiger partial charge in [0.25, 0.3) is 0 Å². The summed E-state index contributed by atoms with van der Waals surface area (Å²) in [5, 5.41) is 4.10. The van der Waals surface area contributed by atoms with Gasteiger partial charge in [-0.05, 0) is 13.0 Å². The zero-order chi connectivity index (χ0) is 7.56. The summed E-state index contributed by atoms with van der Waals surface area (Å²) in [4.78, 5) is 0.461. The van der Waals surface area contributed by atoms with E-state index < -0.39 is 0 Å². The van der Waals surface area contributed by atoms with Crippen LogP contribution in [0.1, 0.15) is 5.69 Å². The Bertz CT molecular complexity index is 241. The number of nitrogens with two attached hydrogens (primary N) is 1. The molecule has 0 unspecified atom stereocenters. The molecule has 0 aromatic carbocycles. The highest BCUT2D eigenvalue weighted by Gasteiger charge is 1.93. The smallest absolute Gasteiger partial charge is 0.0945 e. The third kappa shape index (κ3) is 1.80. The van der Waals surface area contributed by atoms with Crippen molar-refractivity contribution in [1.82, 2.24) is 9.78 Å². The predicted octanol–water partition coefficient (Wildman–Crippen LogP) is 0.478. The molecule has 0 amide bonds. The predicted molar refractivity (Wildman–Crippen MR) is 43.7 cm³/mol. The molecule has 1 aromatic heterocycles. The topological polar surface area (TPSA) is 43.8 Å². The molecule has 0 aliphatic carbocycles. The van der Waals surface area contributed by atoms with Crippen molar-refractivity contribution in [2.24, 2.45) is 5.73 Å². The Hall–Kier alpha value is -0.900.